The lowest BCUT2D eigenvalue weighted by molar-refractivity contribution is -0.133. The fraction of sp³-hybridized carbons (Fsp3) is 0.435. The Morgan fingerprint density at radius 1 is 1.22 bits per heavy atom. The highest BCUT2D eigenvalue weighted by atomic mass is 32.1. The molecule has 0 spiro atoms. The first-order valence-electron chi connectivity index (χ1n) is 10.7. The minimum Gasteiger partial charge on any atom is -0.490 e. The predicted octanol–water partition coefficient (Wildman–Crippen LogP) is 2.45. The SMILES string of the molecule is CNC(=O)C[C@@H]1CC[C@@H]2[C@H](COc3ccc(NC(=O)Cc4cccs4)cc3C(=O)N2C)O1. The van der Waals surface area contributed by atoms with Crippen molar-refractivity contribution in [1.29, 1.82) is 0 Å². The number of ether oxygens (including phenoxy) is 2. The molecule has 2 N–H and O–H groups in total. The Morgan fingerprint density at radius 3 is 2.81 bits per heavy atom. The summed E-state index contributed by atoms with van der Waals surface area (Å²) in [4.78, 5) is 40.0. The van der Waals surface area contributed by atoms with E-state index in [9.17, 15) is 14.4 Å². The van der Waals surface area contributed by atoms with E-state index in [2.05, 4.69) is 10.6 Å². The first-order chi connectivity index (χ1) is 15.4. The van der Waals surface area contributed by atoms with Crippen molar-refractivity contribution in [3.8, 4) is 5.75 Å². The Morgan fingerprint density at radius 2 is 2.06 bits per heavy atom. The van der Waals surface area contributed by atoms with Crippen molar-refractivity contribution >= 4 is 34.7 Å². The number of carbonyl (C=O) groups excluding carboxylic acids is 3. The number of fused-ring (bicyclic) bond motifs is 2. The predicted molar refractivity (Wildman–Crippen MR) is 121 cm³/mol. The molecule has 0 unspecified atom stereocenters. The van der Waals surface area contributed by atoms with Crippen LogP contribution in [0.15, 0.2) is 35.7 Å². The highest BCUT2D eigenvalue weighted by Gasteiger charge is 2.39. The van der Waals surface area contributed by atoms with Crippen molar-refractivity contribution < 1.29 is 23.9 Å². The number of thiophene rings is 1. The molecule has 4 rings (SSSR count). The summed E-state index contributed by atoms with van der Waals surface area (Å²) in [6.45, 7) is 0.281. The number of nitrogens with zero attached hydrogens (tertiary/aromatic N) is 1. The Kier molecular flexibility index (Phi) is 6.76. The van der Waals surface area contributed by atoms with Gasteiger partial charge in [-0.3, -0.25) is 14.4 Å². The number of benzene rings is 1. The van der Waals surface area contributed by atoms with Crippen LogP contribution in [0, 0.1) is 0 Å². The maximum absolute atomic E-state index is 13.3. The normalized spacial score (nSPS) is 22.6. The van der Waals surface area contributed by atoms with E-state index in [0.29, 0.717) is 29.8 Å². The zero-order valence-corrected chi connectivity index (χ0v) is 18.9. The molecule has 1 fully saturated rings. The zero-order valence-electron chi connectivity index (χ0n) is 18.1. The average Bonchev–Trinajstić information content (AvgIpc) is 3.29. The summed E-state index contributed by atoms with van der Waals surface area (Å²) in [5.74, 6) is 0.0671. The minimum absolute atomic E-state index is 0.0661. The first kappa shape index (κ1) is 22.3. The molecule has 0 radical (unpaired) electrons. The molecule has 1 aromatic heterocycles. The van der Waals surface area contributed by atoms with Gasteiger partial charge in [0.15, 0.2) is 0 Å². The molecule has 9 heteroatoms. The van der Waals surface area contributed by atoms with Crippen LogP contribution in [0.25, 0.3) is 0 Å². The van der Waals surface area contributed by atoms with Crippen LogP contribution in [0.3, 0.4) is 0 Å². The third-order valence-electron chi connectivity index (χ3n) is 5.90. The maximum Gasteiger partial charge on any atom is 0.257 e. The van der Waals surface area contributed by atoms with Gasteiger partial charge in [0, 0.05) is 24.7 Å². The Bertz CT molecular complexity index is 994. The molecular weight excluding hydrogens is 430 g/mol. The number of rotatable bonds is 5. The standard InChI is InChI=1S/C23H27N3O5S/c1-24-21(27)11-15-6-7-18-20(31-15)13-30-19-8-5-14(10-17(19)23(29)26(18)2)25-22(28)12-16-4-3-9-32-16/h3-5,8-10,15,18,20H,6-7,11-13H2,1-2H3,(H,24,27)(H,25,28)/t15-,18+,20-/m0/s1. The van der Waals surface area contributed by atoms with Gasteiger partial charge >= 0.3 is 0 Å². The second-order valence-electron chi connectivity index (χ2n) is 8.06. The molecular formula is C23H27N3O5S. The second-order valence-corrected chi connectivity index (χ2v) is 9.09. The van der Waals surface area contributed by atoms with E-state index in [0.717, 1.165) is 11.3 Å². The zero-order chi connectivity index (χ0) is 22.7. The van der Waals surface area contributed by atoms with Crippen LogP contribution in [-0.2, 0) is 20.7 Å². The van der Waals surface area contributed by atoms with E-state index >= 15 is 0 Å². The van der Waals surface area contributed by atoms with Gasteiger partial charge in [-0.25, -0.2) is 0 Å². The van der Waals surface area contributed by atoms with E-state index in [4.69, 9.17) is 9.47 Å². The van der Waals surface area contributed by atoms with Crippen LogP contribution >= 0.6 is 11.3 Å². The summed E-state index contributed by atoms with van der Waals surface area (Å²) in [6, 6.07) is 8.78. The van der Waals surface area contributed by atoms with Crippen molar-refractivity contribution in [2.45, 2.75) is 43.9 Å². The lowest BCUT2D eigenvalue weighted by Gasteiger charge is -2.42. The number of anilines is 1. The molecule has 1 saturated heterocycles. The van der Waals surface area contributed by atoms with Crippen molar-refractivity contribution in [2.24, 2.45) is 0 Å². The van der Waals surface area contributed by atoms with E-state index in [1.807, 2.05) is 17.5 Å². The Labute approximate surface area is 190 Å². The molecule has 0 aliphatic carbocycles. The van der Waals surface area contributed by atoms with Crippen LogP contribution in [0.2, 0.25) is 0 Å². The van der Waals surface area contributed by atoms with Crippen LogP contribution < -0.4 is 15.4 Å². The second kappa shape index (κ2) is 9.70. The van der Waals surface area contributed by atoms with Gasteiger partial charge < -0.3 is 25.0 Å². The quantitative estimate of drug-likeness (QED) is 0.719. The van der Waals surface area contributed by atoms with Crippen LogP contribution in [-0.4, -0.2) is 61.6 Å². The van der Waals surface area contributed by atoms with Crippen molar-refractivity contribution in [2.75, 3.05) is 26.0 Å². The number of likely N-dealkylation sites (N-methyl/N-ethyl adjacent to an activating group) is 1. The molecule has 8 nitrogen and oxygen atoms in total. The Balaban J connectivity index is 1.48. The van der Waals surface area contributed by atoms with Crippen LogP contribution in [0.4, 0.5) is 5.69 Å². The summed E-state index contributed by atoms with van der Waals surface area (Å²) >= 11 is 1.53. The molecule has 32 heavy (non-hydrogen) atoms. The van der Waals surface area contributed by atoms with Gasteiger partial charge in [0.2, 0.25) is 11.8 Å². The molecule has 0 saturated carbocycles. The molecule has 170 valence electrons. The molecule has 3 atom stereocenters. The summed E-state index contributed by atoms with van der Waals surface area (Å²) in [5.41, 5.74) is 0.964. The topological polar surface area (TPSA) is 97.0 Å². The molecule has 1 aromatic carbocycles. The van der Waals surface area contributed by atoms with Gasteiger partial charge in [-0.2, -0.15) is 0 Å². The van der Waals surface area contributed by atoms with Gasteiger partial charge in [-0.05, 0) is 42.5 Å². The van der Waals surface area contributed by atoms with E-state index < -0.39 is 0 Å². The van der Waals surface area contributed by atoms with E-state index in [1.54, 1.807) is 37.2 Å². The fourth-order valence-electron chi connectivity index (χ4n) is 4.19. The summed E-state index contributed by atoms with van der Waals surface area (Å²) in [7, 11) is 3.37. The van der Waals surface area contributed by atoms with Gasteiger partial charge in [0.05, 0.1) is 30.6 Å². The smallest absolute Gasteiger partial charge is 0.257 e. The summed E-state index contributed by atoms with van der Waals surface area (Å²) < 4.78 is 12.1. The third kappa shape index (κ3) is 4.94. The largest absolute Gasteiger partial charge is 0.490 e. The summed E-state index contributed by atoms with van der Waals surface area (Å²) in [6.07, 6.45) is 1.50. The van der Waals surface area contributed by atoms with Gasteiger partial charge in [-0.1, -0.05) is 6.07 Å². The molecule has 2 aliphatic heterocycles. The number of carbonyl (C=O) groups is 3. The summed E-state index contributed by atoms with van der Waals surface area (Å²) in [5, 5.41) is 7.42. The number of nitrogens with one attached hydrogen (secondary N) is 2. The molecule has 0 bridgehead atoms. The Hall–Kier alpha value is -2.91. The van der Waals surface area contributed by atoms with Gasteiger partial charge in [0.25, 0.3) is 5.91 Å². The molecule has 3 heterocycles. The maximum atomic E-state index is 13.3. The van der Waals surface area contributed by atoms with Gasteiger partial charge in [-0.15, -0.1) is 11.3 Å². The average molecular weight is 458 g/mol. The number of hydrogen-bond acceptors (Lipinski definition) is 6. The van der Waals surface area contributed by atoms with Crippen LogP contribution in [0.5, 0.6) is 5.75 Å². The fourth-order valence-corrected chi connectivity index (χ4v) is 4.89. The molecule has 3 amide bonds. The van der Waals surface area contributed by atoms with E-state index in [1.165, 1.54) is 11.3 Å². The highest BCUT2D eigenvalue weighted by Crippen LogP contribution is 2.32. The minimum atomic E-state index is -0.314. The van der Waals surface area contributed by atoms with Crippen molar-refractivity contribution in [3.05, 3.63) is 46.2 Å². The monoisotopic (exact) mass is 457 g/mol. The van der Waals surface area contributed by atoms with Crippen LogP contribution in [0.1, 0.15) is 34.5 Å². The van der Waals surface area contributed by atoms with Crippen molar-refractivity contribution in [3.63, 3.8) is 0 Å². The first-order valence-corrected chi connectivity index (χ1v) is 11.5. The lowest BCUT2D eigenvalue weighted by Crippen LogP contribution is -2.53. The lowest BCUT2D eigenvalue weighted by atomic mass is 9.94. The number of amides is 3. The van der Waals surface area contributed by atoms with Gasteiger partial charge in [0.1, 0.15) is 18.5 Å². The third-order valence-corrected chi connectivity index (χ3v) is 6.78. The number of hydrogen-bond donors (Lipinski definition) is 2. The molecule has 2 aliphatic rings. The molecule has 2 aromatic rings. The van der Waals surface area contributed by atoms with E-state index in [-0.39, 0.29) is 49.0 Å². The van der Waals surface area contributed by atoms with Crippen molar-refractivity contribution in [1.82, 2.24) is 10.2 Å². The highest BCUT2D eigenvalue weighted by molar-refractivity contribution is 7.10.